The van der Waals surface area contributed by atoms with Crippen LogP contribution in [0.25, 0.3) is 0 Å². The molecular weight excluding hydrogens is 682 g/mol. The number of phenols is 1. The van der Waals surface area contributed by atoms with Crippen molar-refractivity contribution < 1.29 is 29.0 Å². The van der Waals surface area contributed by atoms with E-state index in [1.54, 1.807) is 84.9 Å². The summed E-state index contributed by atoms with van der Waals surface area (Å²) in [6.07, 6.45) is -0.558. The third-order valence-corrected chi connectivity index (χ3v) is 7.17. The van der Waals surface area contributed by atoms with Crippen molar-refractivity contribution in [3.63, 3.8) is 0 Å². The van der Waals surface area contributed by atoms with Gasteiger partial charge in [-0.2, -0.15) is 0 Å². The summed E-state index contributed by atoms with van der Waals surface area (Å²) < 4.78 is 13.0. The molecule has 0 aromatic heterocycles. The van der Waals surface area contributed by atoms with Gasteiger partial charge in [-0.1, -0.05) is 46.3 Å². The number of ketones is 1. The Kier molecular flexibility index (Phi) is 10.6. The van der Waals surface area contributed by atoms with Crippen LogP contribution in [0.3, 0.4) is 0 Å². The van der Waals surface area contributed by atoms with Crippen LogP contribution in [0.4, 0.5) is 21.9 Å². The van der Waals surface area contributed by atoms with Crippen LogP contribution < -0.4 is 21.1 Å². The number of nitrogen functional groups attached to an aromatic ring is 1. The van der Waals surface area contributed by atoms with E-state index in [2.05, 4.69) is 42.5 Å². The molecular formula is C32H27Br2N3O6. The van der Waals surface area contributed by atoms with Crippen LogP contribution in [0, 0.1) is 0 Å². The lowest BCUT2D eigenvalue weighted by molar-refractivity contribution is -0.112. The number of benzene rings is 4. The highest BCUT2D eigenvalue weighted by Gasteiger charge is 2.31. The van der Waals surface area contributed by atoms with Crippen LogP contribution >= 0.6 is 31.9 Å². The minimum atomic E-state index is -1.25. The highest BCUT2D eigenvalue weighted by molar-refractivity contribution is 9.11. The van der Waals surface area contributed by atoms with Crippen LogP contribution in [-0.4, -0.2) is 29.0 Å². The number of Topliss-reactive ketones (excluding diaryl/α,β-unsaturated/α-hetero) is 1. The number of anilines is 3. The second kappa shape index (κ2) is 14.5. The molecule has 0 radical (unpaired) electrons. The van der Waals surface area contributed by atoms with E-state index in [0.717, 1.165) is 0 Å². The zero-order valence-electron chi connectivity index (χ0n) is 22.8. The number of hydrogen-bond donors (Lipinski definition) is 4. The number of carbonyl (C=O) groups is 3. The Morgan fingerprint density at radius 3 is 2.26 bits per heavy atom. The Balaban J connectivity index is 1.69. The number of rotatable bonds is 10. The van der Waals surface area contributed by atoms with Crippen LogP contribution in [0.2, 0.25) is 0 Å². The average Bonchev–Trinajstić information content (AvgIpc) is 2.98. The Labute approximate surface area is 265 Å². The number of phenolic OH excluding ortho intramolecular Hbond substituents is 1. The lowest BCUT2D eigenvalue weighted by Crippen LogP contribution is -2.30. The van der Waals surface area contributed by atoms with E-state index >= 15 is 0 Å². The molecule has 0 unspecified atom stereocenters. The van der Waals surface area contributed by atoms with E-state index in [1.807, 2.05) is 6.07 Å². The summed E-state index contributed by atoms with van der Waals surface area (Å²) in [4.78, 5) is 37.7. The lowest BCUT2D eigenvalue weighted by atomic mass is 10.0. The SMILES string of the molecule is CC(=O)c1ccc(NC(=O)O[C@@H](c2cc(Br)cc(Br)c2O)[C@H](/C=C/C(=O)Nc2ccccc2N)Oc2ccccc2)cc1. The van der Waals surface area contributed by atoms with Crippen LogP contribution in [0.5, 0.6) is 11.5 Å². The van der Waals surface area contributed by atoms with E-state index in [-0.39, 0.29) is 17.1 Å². The summed E-state index contributed by atoms with van der Waals surface area (Å²) in [6, 6.07) is 25.1. The Morgan fingerprint density at radius 2 is 1.58 bits per heavy atom. The molecule has 0 heterocycles. The molecule has 0 aliphatic heterocycles. The second-order valence-corrected chi connectivity index (χ2v) is 11.0. The van der Waals surface area contributed by atoms with Gasteiger partial charge in [0.1, 0.15) is 11.5 Å². The van der Waals surface area contributed by atoms with Gasteiger partial charge in [0.25, 0.3) is 0 Å². The van der Waals surface area contributed by atoms with Crippen molar-refractivity contribution in [3.05, 3.63) is 123 Å². The number of nitrogens with one attached hydrogen (secondary N) is 2. The number of amides is 2. The van der Waals surface area contributed by atoms with Crippen molar-refractivity contribution in [1.82, 2.24) is 0 Å². The number of para-hydroxylation sites is 3. The van der Waals surface area contributed by atoms with Crippen molar-refractivity contribution in [2.24, 2.45) is 0 Å². The first-order valence-electron chi connectivity index (χ1n) is 12.9. The monoisotopic (exact) mass is 707 g/mol. The van der Waals surface area contributed by atoms with Crippen LogP contribution in [0.15, 0.2) is 112 Å². The first kappa shape index (κ1) is 31.3. The van der Waals surface area contributed by atoms with Crippen LogP contribution in [-0.2, 0) is 9.53 Å². The van der Waals surface area contributed by atoms with E-state index in [0.29, 0.717) is 37.3 Å². The molecule has 4 aromatic rings. The summed E-state index contributed by atoms with van der Waals surface area (Å²) in [5, 5.41) is 16.3. The maximum atomic E-state index is 13.2. The van der Waals surface area contributed by atoms with E-state index in [1.165, 1.54) is 19.1 Å². The molecule has 5 N–H and O–H groups in total. The van der Waals surface area contributed by atoms with Gasteiger partial charge < -0.3 is 25.6 Å². The topological polar surface area (TPSA) is 140 Å². The van der Waals surface area contributed by atoms with E-state index in [4.69, 9.17) is 15.2 Å². The maximum Gasteiger partial charge on any atom is 0.412 e. The molecule has 43 heavy (non-hydrogen) atoms. The van der Waals surface area contributed by atoms with Gasteiger partial charge in [0.15, 0.2) is 18.0 Å². The van der Waals surface area contributed by atoms with Crippen molar-refractivity contribution in [2.45, 2.75) is 19.1 Å². The lowest BCUT2D eigenvalue weighted by Gasteiger charge is -2.27. The summed E-state index contributed by atoms with van der Waals surface area (Å²) in [5.41, 5.74) is 7.83. The molecule has 0 fully saturated rings. The van der Waals surface area contributed by atoms with Crippen molar-refractivity contribution >= 4 is 66.7 Å². The molecule has 11 heteroatoms. The fourth-order valence-corrected chi connectivity index (χ4v) is 5.25. The summed E-state index contributed by atoms with van der Waals surface area (Å²) in [5.74, 6) is -0.389. The van der Waals surface area contributed by atoms with Gasteiger partial charge in [0.05, 0.1) is 15.8 Å². The van der Waals surface area contributed by atoms with Gasteiger partial charge in [-0.3, -0.25) is 14.9 Å². The van der Waals surface area contributed by atoms with Gasteiger partial charge in [-0.25, -0.2) is 4.79 Å². The molecule has 0 bridgehead atoms. The van der Waals surface area contributed by atoms with Crippen molar-refractivity contribution in [2.75, 3.05) is 16.4 Å². The maximum absolute atomic E-state index is 13.2. The first-order chi connectivity index (χ1) is 20.6. The Morgan fingerprint density at radius 1 is 0.907 bits per heavy atom. The third-order valence-electron chi connectivity index (χ3n) is 6.11. The van der Waals surface area contributed by atoms with Crippen molar-refractivity contribution in [1.29, 1.82) is 0 Å². The van der Waals surface area contributed by atoms with Gasteiger partial charge in [0.2, 0.25) is 5.91 Å². The second-order valence-electron chi connectivity index (χ2n) is 9.24. The standard InChI is InChI=1S/C32H27Br2N3O6/c1-19(38)20-11-13-22(14-12-20)36-32(41)43-31(24-17-21(33)18-25(34)30(24)40)28(42-23-7-3-2-4-8-23)15-16-29(39)37-27-10-6-5-9-26(27)35/h2-18,28,31,40H,35H2,1H3,(H,36,41)(H,37,39)/b16-15+/t28-,31-/m0/s1. The van der Waals surface area contributed by atoms with Crippen molar-refractivity contribution in [3.8, 4) is 11.5 Å². The predicted molar refractivity (Wildman–Crippen MR) is 172 cm³/mol. The molecule has 220 valence electrons. The number of aromatic hydroxyl groups is 1. The van der Waals surface area contributed by atoms with Gasteiger partial charge in [-0.05, 0) is 89.6 Å². The van der Waals surface area contributed by atoms with Crippen LogP contribution in [0.1, 0.15) is 28.9 Å². The molecule has 0 spiro atoms. The first-order valence-corrected chi connectivity index (χ1v) is 14.5. The zero-order valence-corrected chi connectivity index (χ0v) is 26.0. The van der Waals surface area contributed by atoms with Gasteiger partial charge in [0, 0.05) is 27.4 Å². The minimum absolute atomic E-state index is 0.114. The minimum Gasteiger partial charge on any atom is -0.506 e. The molecule has 2 atom stereocenters. The number of hydrogen-bond acceptors (Lipinski definition) is 7. The molecule has 2 amide bonds. The smallest absolute Gasteiger partial charge is 0.412 e. The summed E-state index contributed by atoms with van der Waals surface area (Å²) in [7, 11) is 0. The summed E-state index contributed by atoms with van der Waals surface area (Å²) in [6.45, 7) is 1.44. The predicted octanol–water partition coefficient (Wildman–Crippen LogP) is 7.63. The Hall–Kier alpha value is -4.61. The highest BCUT2D eigenvalue weighted by Crippen LogP contribution is 2.39. The molecule has 4 aromatic carbocycles. The quantitative estimate of drug-likeness (QED) is 0.0754. The fourth-order valence-electron chi connectivity index (χ4n) is 3.99. The molecule has 0 aliphatic carbocycles. The van der Waals surface area contributed by atoms with Gasteiger partial charge >= 0.3 is 6.09 Å². The number of nitrogens with two attached hydrogens (primary N) is 1. The molecule has 0 saturated carbocycles. The van der Waals surface area contributed by atoms with Gasteiger partial charge in [-0.15, -0.1) is 0 Å². The summed E-state index contributed by atoms with van der Waals surface area (Å²) >= 11 is 6.74. The molecule has 4 rings (SSSR count). The fraction of sp³-hybridized carbons (Fsp3) is 0.0938. The zero-order chi connectivity index (χ0) is 30.9. The Bertz CT molecular complexity index is 1650. The highest BCUT2D eigenvalue weighted by atomic mass is 79.9. The average molecular weight is 709 g/mol. The number of carbonyl (C=O) groups excluding carboxylic acids is 3. The number of halogens is 2. The normalized spacial score (nSPS) is 12.3. The molecule has 9 nitrogen and oxygen atoms in total. The largest absolute Gasteiger partial charge is 0.506 e. The molecule has 0 saturated heterocycles. The third kappa shape index (κ3) is 8.69. The number of ether oxygens (including phenoxy) is 2. The molecule has 0 aliphatic rings. The van der Waals surface area contributed by atoms with E-state index < -0.39 is 24.2 Å². The van der Waals surface area contributed by atoms with E-state index in [9.17, 15) is 19.5 Å².